The van der Waals surface area contributed by atoms with E-state index in [1.54, 1.807) is 0 Å². The van der Waals surface area contributed by atoms with Crippen LogP contribution in [0.1, 0.15) is 51.4 Å². The largest absolute Gasteiger partial charge is 0.481 e. The average molecular weight is 530 g/mol. The minimum atomic E-state index is -1.36. The zero-order valence-electron chi connectivity index (χ0n) is 20.3. The van der Waals surface area contributed by atoms with Crippen LogP contribution in [0.5, 0.6) is 0 Å². The molecule has 37 heavy (non-hydrogen) atoms. The Morgan fingerprint density at radius 3 is 2.05 bits per heavy atom. The van der Waals surface area contributed by atoms with Crippen LogP contribution >= 0.6 is 0 Å². The SMILES string of the molecule is NC(N)=NCCCC(NC(=O)C(N)CCC(=O)O)C(=O)NC(CCC(=O)O)C(=O)N1CCCC1C(=O)O. The molecule has 4 unspecified atom stereocenters. The highest BCUT2D eigenvalue weighted by Gasteiger charge is 2.38. The van der Waals surface area contributed by atoms with E-state index >= 15 is 0 Å². The second kappa shape index (κ2) is 15.2. The lowest BCUT2D eigenvalue weighted by molar-refractivity contribution is -0.150. The van der Waals surface area contributed by atoms with Crippen molar-refractivity contribution in [2.24, 2.45) is 22.2 Å². The van der Waals surface area contributed by atoms with Gasteiger partial charge in [0.25, 0.3) is 0 Å². The standard InChI is InChI=1S/C21H35N7O9/c22-11(5-7-15(29)30)17(33)26-12(3-1-9-25-21(23)24)18(34)27-13(6-8-16(31)32)19(35)28-10-2-4-14(28)20(36)37/h11-14H,1-10,22H2,(H,26,33)(H,27,34)(H,29,30)(H,31,32)(H,36,37)(H4,23,24,25). The topological polar surface area (TPSA) is 281 Å². The molecule has 0 saturated carbocycles. The first-order valence-corrected chi connectivity index (χ1v) is 11.7. The molecule has 0 aromatic heterocycles. The fourth-order valence-electron chi connectivity index (χ4n) is 3.75. The van der Waals surface area contributed by atoms with Gasteiger partial charge in [0.05, 0.1) is 6.04 Å². The number of hydrogen-bond acceptors (Lipinski definition) is 8. The lowest BCUT2D eigenvalue weighted by atomic mass is 10.1. The first kappa shape index (κ1) is 31.1. The van der Waals surface area contributed by atoms with Gasteiger partial charge < -0.3 is 48.1 Å². The van der Waals surface area contributed by atoms with Crippen LogP contribution in [0, 0.1) is 0 Å². The summed E-state index contributed by atoms with van der Waals surface area (Å²) in [5, 5.41) is 32.1. The van der Waals surface area contributed by atoms with Crippen molar-refractivity contribution in [3.63, 3.8) is 0 Å². The Balaban J connectivity index is 3.04. The highest BCUT2D eigenvalue weighted by atomic mass is 16.4. The smallest absolute Gasteiger partial charge is 0.326 e. The van der Waals surface area contributed by atoms with E-state index in [0.29, 0.717) is 6.42 Å². The number of guanidine groups is 1. The van der Waals surface area contributed by atoms with Crippen molar-refractivity contribution in [3.8, 4) is 0 Å². The highest BCUT2D eigenvalue weighted by molar-refractivity contribution is 5.94. The predicted octanol–water partition coefficient (Wildman–Crippen LogP) is -2.86. The summed E-state index contributed by atoms with van der Waals surface area (Å²) in [6.45, 7) is 0.245. The van der Waals surface area contributed by atoms with Crippen molar-refractivity contribution in [2.75, 3.05) is 13.1 Å². The summed E-state index contributed by atoms with van der Waals surface area (Å²) in [5.41, 5.74) is 16.3. The number of carbonyl (C=O) groups excluding carboxylic acids is 3. The van der Waals surface area contributed by atoms with E-state index in [4.69, 9.17) is 27.4 Å². The number of amides is 3. The maximum atomic E-state index is 13.1. The van der Waals surface area contributed by atoms with Gasteiger partial charge in [-0.1, -0.05) is 0 Å². The first-order valence-electron chi connectivity index (χ1n) is 11.7. The summed E-state index contributed by atoms with van der Waals surface area (Å²) in [6, 6.07) is -4.93. The molecule has 1 aliphatic rings. The molecule has 0 aromatic rings. The van der Waals surface area contributed by atoms with Crippen LogP contribution < -0.4 is 27.8 Å². The number of hydrogen-bond donors (Lipinski definition) is 8. The van der Waals surface area contributed by atoms with Crippen LogP contribution in [0.3, 0.4) is 0 Å². The van der Waals surface area contributed by atoms with Crippen molar-refractivity contribution in [1.29, 1.82) is 0 Å². The van der Waals surface area contributed by atoms with Gasteiger partial charge in [0.1, 0.15) is 18.1 Å². The number of nitrogens with two attached hydrogens (primary N) is 3. The Bertz CT molecular complexity index is 892. The zero-order valence-corrected chi connectivity index (χ0v) is 20.3. The molecule has 16 heteroatoms. The molecule has 0 aliphatic carbocycles. The van der Waals surface area contributed by atoms with Gasteiger partial charge in [-0.25, -0.2) is 4.79 Å². The molecule has 208 valence electrons. The average Bonchev–Trinajstić information content (AvgIpc) is 3.31. The third-order valence-electron chi connectivity index (χ3n) is 5.67. The van der Waals surface area contributed by atoms with E-state index in [-0.39, 0.29) is 57.6 Å². The van der Waals surface area contributed by atoms with Gasteiger partial charge in [-0.15, -0.1) is 0 Å². The fourth-order valence-corrected chi connectivity index (χ4v) is 3.75. The van der Waals surface area contributed by atoms with Crippen LogP contribution in [0.2, 0.25) is 0 Å². The summed E-state index contributed by atoms with van der Waals surface area (Å²) < 4.78 is 0. The fraction of sp³-hybridized carbons (Fsp3) is 0.667. The Morgan fingerprint density at radius 1 is 0.892 bits per heavy atom. The molecule has 0 aromatic carbocycles. The predicted molar refractivity (Wildman–Crippen MR) is 128 cm³/mol. The number of nitrogens with zero attached hydrogens (tertiary/aromatic N) is 2. The quantitative estimate of drug-likeness (QED) is 0.0569. The number of carboxylic acids is 3. The minimum Gasteiger partial charge on any atom is -0.481 e. The van der Waals surface area contributed by atoms with Gasteiger partial charge in [-0.3, -0.25) is 29.0 Å². The molecule has 0 spiro atoms. The number of nitrogens with one attached hydrogen (secondary N) is 2. The minimum absolute atomic E-state index is 0.00130. The van der Waals surface area contributed by atoms with Crippen LogP contribution in [0.15, 0.2) is 4.99 Å². The van der Waals surface area contributed by atoms with E-state index in [0.717, 1.165) is 4.90 Å². The van der Waals surface area contributed by atoms with Gasteiger partial charge >= 0.3 is 17.9 Å². The molecule has 1 heterocycles. The molecule has 1 aliphatic heterocycles. The van der Waals surface area contributed by atoms with Gasteiger partial charge in [0, 0.05) is 25.9 Å². The number of rotatable bonds is 16. The highest BCUT2D eigenvalue weighted by Crippen LogP contribution is 2.20. The summed E-state index contributed by atoms with van der Waals surface area (Å²) in [6.07, 6.45) is -0.474. The van der Waals surface area contributed by atoms with Crippen LogP contribution in [0.4, 0.5) is 0 Å². The van der Waals surface area contributed by atoms with Crippen molar-refractivity contribution >= 4 is 41.6 Å². The van der Waals surface area contributed by atoms with Crippen molar-refractivity contribution in [2.45, 2.75) is 75.5 Å². The monoisotopic (exact) mass is 529 g/mol. The van der Waals surface area contributed by atoms with Gasteiger partial charge in [0.2, 0.25) is 17.7 Å². The number of carboxylic acid groups (broad SMARTS) is 3. The van der Waals surface area contributed by atoms with Crippen LogP contribution in [-0.2, 0) is 28.8 Å². The van der Waals surface area contributed by atoms with Crippen molar-refractivity contribution in [1.82, 2.24) is 15.5 Å². The maximum Gasteiger partial charge on any atom is 0.326 e. The van der Waals surface area contributed by atoms with E-state index in [9.17, 15) is 33.9 Å². The molecule has 1 saturated heterocycles. The van der Waals surface area contributed by atoms with Gasteiger partial charge in [-0.2, -0.15) is 0 Å². The lowest BCUT2D eigenvalue weighted by Gasteiger charge is -2.28. The first-order chi connectivity index (χ1) is 17.3. The molecule has 1 rings (SSSR count). The third kappa shape index (κ3) is 11.1. The Labute approximate surface area is 212 Å². The Kier molecular flexibility index (Phi) is 12.8. The normalized spacial score (nSPS) is 17.2. The summed E-state index contributed by atoms with van der Waals surface area (Å²) >= 11 is 0. The van der Waals surface area contributed by atoms with Gasteiger partial charge in [-0.05, 0) is 38.5 Å². The zero-order chi connectivity index (χ0) is 28.1. The number of likely N-dealkylation sites (tertiary alicyclic amines) is 1. The number of aliphatic carboxylic acids is 3. The molecule has 0 radical (unpaired) electrons. The van der Waals surface area contributed by atoms with Crippen LogP contribution in [0.25, 0.3) is 0 Å². The summed E-state index contributed by atoms with van der Waals surface area (Å²) in [5.74, 6) is -6.16. The van der Waals surface area contributed by atoms with E-state index in [1.807, 2.05) is 0 Å². The van der Waals surface area contributed by atoms with Crippen molar-refractivity contribution in [3.05, 3.63) is 0 Å². The van der Waals surface area contributed by atoms with E-state index < -0.39 is 66.2 Å². The van der Waals surface area contributed by atoms with Gasteiger partial charge in [0.15, 0.2) is 5.96 Å². The van der Waals surface area contributed by atoms with Crippen molar-refractivity contribution < 1.29 is 44.1 Å². The second-order valence-corrected chi connectivity index (χ2v) is 8.57. The Hall–Kier alpha value is -3.95. The molecule has 11 N–H and O–H groups in total. The summed E-state index contributed by atoms with van der Waals surface area (Å²) in [7, 11) is 0. The molecular formula is C21H35N7O9. The second-order valence-electron chi connectivity index (χ2n) is 8.57. The molecule has 1 fully saturated rings. The maximum absolute atomic E-state index is 13.1. The molecule has 0 bridgehead atoms. The number of aliphatic imine (C=N–C) groups is 1. The lowest BCUT2D eigenvalue weighted by Crippen LogP contribution is -2.57. The van der Waals surface area contributed by atoms with E-state index in [1.165, 1.54) is 0 Å². The van der Waals surface area contributed by atoms with Crippen LogP contribution in [-0.4, -0.2) is 99.1 Å². The summed E-state index contributed by atoms with van der Waals surface area (Å²) in [4.78, 5) is 76.9. The third-order valence-corrected chi connectivity index (χ3v) is 5.67. The molecule has 4 atom stereocenters. The molecular weight excluding hydrogens is 494 g/mol. The molecule has 16 nitrogen and oxygen atoms in total. The Morgan fingerprint density at radius 2 is 1.49 bits per heavy atom. The number of carbonyl (C=O) groups is 6. The van der Waals surface area contributed by atoms with E-state index in [2.05, 4.69) is 15.6 Å². The molecule has 3 amide bonds.